The molecule has 0 bridgehead atoms. The molecule has 0 aromatic rings. The fraction of sp³-hybridized carbons (Fsp3) is 1.00. The Morgan fingerprint density at radius 1 is 0.642 bits per heavy atom. The molecular formula is C44H97Br2NO6. The average Bonchev–Trinajstić information content (AvgIpc) is 3.51. The van der Waals surface area contributed by atoms with Gasteiger partial charge in [0.15, 0.2) is 5.79 Å². The second-order valence-electron chi connectivity index (χ2n) is 15.1. The van der Waals surface area contributed by atoms with Crippen molar-refractivity contribution in [2.24, 2.45) is 0 Å². The van der Waals surface area contributed by atoms with Crippen LogP contribution in [0.4, 0.5) is 0 Å². The van der Waals surface area contributed by atoms with E-state index in [1.165, 1.54) is 171 Å². The Morgan fingerprint density at radius 2 is 1.02 bits per heavy atom. The van der Waals surface area contributed by atoms with Gasteiger partial charge in [-0.1, -0.05) is 168 Å². The summed E-state index contributed by atoms with van der Waals surface area (Å²) in [6.45, 7) is 24.5. The lowest BCUT2D eigenvalue weighted by atomic mass is 10.1. The van der Waals surface area contributed by atoms with Crippen LogP contribution in [0.3, 0.4) is 0 Å². The summed E-state index contributed by atoms with van der Waals surface area (Å²) in [5.74, 6) is -0.493. The van der Waals surface area contributed by atoms with Crippen LogP contribution in [0.1, 0.15) is 204 Å². The van der Waals surface area contributed by atoms with Crippen molar-refractivity contribution in [3.63, 3.8) is 0 Å². The molecule has 3 N–H and O–H groups in total. The maximum Gasteiger partial charge on any atom is 0.163 e. The fourth-order valence-corrected chi connectivity index (χ4v) is 6.38. The number of quaternary nitrogens is 1. The summed E-state index contributed by atoms with van der Waals surface area (Å²) in [5, 5.41) is 27.3. The van der Waals surface area contributed by atoms with Crippen molar-refractivity contribution < 1.29 is 51.0 Å². The van der Waals surface area contributed by atoms with Crippen molar-refractivity contribution in [2.75, 3.05) is 64.5 Å². The number of hydrogen-bond acceptors (Lipinski definition) is 6. The van der Waals surface area contributed by atoms with Crippen molar-refractivity contribution in [3.8, 4) is 0 Å². The molecule has 9 heteroatoms. The van der Waals surface area contributed by atoms with E-state index in [1.807, 2.05) is 13.8 Å². The Morgan fingerprint density at radius 3 is 1.32 bits per heavy atom. The molecule has 7 nitrogen and oxygen atoms in total. The van der Waals surface area contributed by atoms with Crippen LogP contribution in [0, 0.1) is 0 Å². The zero-order chi connectivity index (χ0) is 38.9. The molecule has 1 aliphatic rings. The molecule has 0 spiro atoms. The van der Waals surface area contributed by atoms with Crippen LogP contribution in [-0.2, 0) is 14.2 Å². The quantitative estimate of drug-likeness (QED) is 0.0366. The molecule has 0 aromatic heterocycles. The largest absolute Gasteiger partial charge is 1.00 e. The van der Waals surface area contributed by atoms with E-state index in [4.69, 9.17) is 29.5 Å². The third-order valence-electron chi connectivity index (χ3n) is 9.37. The molecule has 0 aromatic carbocycles. The highest BCUT2D eigenvalue weighted by Gasteiger charge is 2.31. The third kappa shape index (κ3) is 47.0. The molecule has 0 saturated carbocycles. The highest BCUT2D eigenvalue weighted by atomic mass is 79.9. The zero-order valence-corrected chi connectivity index (χ0v) is 39.2. The zero-order valence-electron chi connectivity index (χ0n) is 36.1. The number of nitrogens with zero attached hydrogens (tertiary/aromatic N) is 1. The minimum Gasteiger partial charge on any atom is -1.00 e. The molecule has 2 unspecified atom stereocenters. The highest BCUT2D eigenvalue weighted by Crippen LogP contribution is 2.21. The summed E-state index contributed by atoms with van der Waals surface area (Å²) >= 11 is 3.43. The van der Waals surface area contributed by atoms with Crippen molar-refractivity contribution >= 4 is 15.9 Å². The van der Waals surface area contributed by atoms with Gasteiger partial charge in [-0.3, -0.25) is 0 Å². The molecule has 0 radical (unpaired) electrons. The summed E-state index contributed by atoms with van der Waals surface area (Å²) in [5.41, 5.74) is 0. The predicted octanol–water partition coefficient (Wildman–Crippen LogP) is 9.01. The van der Waals surface area contributed by atoms with Gasteiger partial charge in [0.05, 0.1) is 52.6 Å². The second kappa shape index (κ2) is 48.8. The average molecular weight is 896 g/mol. The van der Waals surface area contributed by atoms with E-state index >= 15 is 0 Å². The summed E-state index contributed by atoms with van der Waals surface area (Å²) in [7, 11) is 0. The van der Waals surface area contributed by atoms with Crippen LogP contribution in [0.25, 0.3) is 0 Å². The molecule has 328 valence electrons. The van der Waals surface area contributed by atoms with E-state index in [-0.39, 0.29) is 50.3 Å². The van der Waals surface area contributed by atoms with Crippen LogP contribution in [0.15, 0.2) is 0 Å². The summed E-state index contributed by atoms with van der Waals surface area (Å²) in [6.07, 6.45) is 29.0. The second-order valence-corrected chi connectivity index (χ2v) is 15.9. The first-order valence-corrected chi connectivity index (χ1v) is 22.9. The maximum absolute atomic E-state index is 8.98. The van der Waals surface area contributed by atoms with Crippen molar-refractivity contribution in [1.29, 1.82) is 0 Å². The van der Waals surface area contributed by atoms with E-state index in [9.17, 15) is 0 Å². The first kappa shape index (κ1) is 62.9. The summed E-state index contributed by atoms with van der Waals surface area (Å²) in [6, 6.07) is 0. The molecule has 0 aliphatic carbocycles. The Bertz CT molecular complexity index is 602. The molecule has 1 aliphatic heterocycles. The van der Waals surface area contributed by atoms with Gasteiger partial charge in [-0.2, -0.15) is 0 Å². The minimum atomic E-state index is -0.713. The lowest BCUT2D eigenvalue weighted by Crippen LogP contribution is -3.00. The monoisotopic (exact) mass is 894 g/mol. The molecule has 1 fully saturated rings. The Hall–Kier alpha value is 0.680. The van der Waals surface area contributed by atoms with Crippen LogP contribution >= 0.6 is 15.9 Å². The Balaban J connectivity index is -0.000000196. The maximum atomic E-state index is 8.98. The number of alkyl halides is 1. The van der Waals surface area contributed by atoms with Crippen LogP contribution in [0.2, 0.25) is 0 Å². The molecule has 1 heterocycles. The van der Waals surface area contributed by atoms with E-state index in [2.05, 4.69) is 57.5 Å². The topological polar surface area (TPSA) is 88.4 Å². The van der Waals surface area contributed by atoms with E-state index in [0.717, 1.165) is 6.42 Å². The number of hydrogen-bond donors (Lipinski definition) is 3. The molecule has 1 saturated heterocycles. The van der Waals surface area contributed by atoms with Gasteiger partial charge in [-0.25, -0.2) is 0 Å². The van der Waals surface area contributed by atoms with Crippen molar-refractivity contribution in [2.45, 2.75) is 222 Å². The van der Waals surface area contributed by atoms with Crippen molar-refractivity contribution in [3.05, 3.63) is 0 Å². The smallest absolute Gasteiger partial charge is 0.163 e. The minimum absolute atomic E-state index is 0. The van der Waals surface area contributed by atoms with E-state index < -0.39 is 11.9 Å². The number of aliphatic hydroxyl groups excluding tert-OH is 3. The van der Waals surface area contributed by atoms with Gasteiger partial charge in [0.1, 0.15) is 12.2 Å². The van der Waals surface area contributed by atoms with Crippen molar-refractivity contribution in [1.82, 2.24) is 0 Å². The SMILES string of the molecule is C.CC1(C)OCC(CO)O1.CCCCCCCCCBr.CCCCCCCCCOCC(O)CO.CCCC[N+](CCCC)(CCCC)CCCC.[Br-]. The number of ether oxygens (including phenoxy) is 3. The van der Waals surface area contributed by atoms with Gasteiger partial charge >= 0.3 is 0 Å². The lowest BCUT2D eigenvalue weighted by Gasteiger charge is -2.39. The molecule has 1 rings (SSSR count). The number of unbranched alkanes of at least 4 members (excludes halogenated alkanes) is 16. The number of aliphatic hydroxyl groups is 3. The summed E-state index contributed by atoms with van der Waals surface area (Å²) in [4.78, 5) is 0. The van der Waals surface area contributed by atoms with Gasteiger partial charge in [-0.05, 0) is 52.4 Å². The molecule has 0 amide bonds. The number of rotatable bonds is 31. The Labute approximate surface area is 352 Å². The highest BCUT2D eigenvalue weighted by molar-refractivity contribution is 9.09. The van der Waals surface area contributed by atoms with Gasteiger partial charge in [-0.15, -0.1) is 0 Å². The Kier molecular flexibility index (Phi) is 57.9. The first-order valence-electron chi connectivity index (χ1n) is 21.8. The molecular weight excluding hydrogens is 798 g/mol. The normalized spacial score (nSPS) is 15.1. The van der Waals surface area contributed by atoms with Gasteiger partial charge in [0.2, 0.25) is 0 Å². The van der Waals surface area contributed by atoms with E-state index in [1.54, 1.807) is 0 Å². The van der Waals surface area contributed by atoms with Crippen LogP contribution in [-0.4, -0.2) is 102 Å². The molecule has 2 atom stereocenters. The van der Waals surface area contributed by atoms with Gasteiger partial charge in [0.25, 0.3) is 0 Å². The standard InChI is InChI=1S/C16H36N.C12H26O3.C9H19Br.C6H12O3.CH4.BrH/c1-5-9-13-17(14-10-6-2,15-11-7-3)16-12-8-4;1-2-3-4-5-6-7-8-9-15-11-12(14)10-13;1-2-3-4-5-6-7-8-9-10;1-6(2)8-4-5(3-7)9-6;;/h5-16H2,1-4H3;12-14H,2-11H2,1H3;2-9H2,1H3;5,7H,3-4H2,1-2H3;1H4;1H/q+1;;;;;/p-1. The number of halogens is 2. The predicted molar refractivity (Wildman–Crippen MR) is 232 cm³/mol. The lowest BCUT2D eigenvalue weighted by molar-refractivity contribution is -0.929. The molecule has 53 heavy (non-hydrogen) atoms. The first-order chi connectivity index (χ1) is 24.6. The summed E-state index contributed by atoms with van der Waals surface area (Å²) < 4.78 is 17.0. The van der Waals surface area contributed by atoms with Gasteiger partial charge in [0, 0.05) is 11.9 Å². The fourth-order valence-electron chi connectivity index (χ4n) is 5.98. The van der Waals surface area contributed by atoms with Crippen LogP contribution < -0.4 is 17.0 Å². The van der Waals surface area contributed by atoms with Crippen LogP contribution in [0.5, 0.6) is 0 Å². The van der Waals surface area contributed by atoms with Gasteiger partial charge < -0.3 is 51.0 Å². The third-order valence-corrected chi connectivity index (χ3v) is 9.93. The van der Waals surface area contributed by atoms with E-state index in [0.29, 0.717) is 13.2 Å².